The van der Waals surface area contributed by atoms with Crippen LogP contribution in [0.5, 0.6) is 5.75 Å². The molecule has 0 amide bonds. The molecular formula is C15H7Cl3N2O2. The molecule has 110 valence electrons. The molecule has 0 bridgehead atoms. The summed E-state index contributed by atoms with van der Waals surface area (Å²) in [5, 5.41) is 1.29. The Labute approximate surface area is 140 Å². The summed E-state index contributed by atoms with van der Waals surface area (Å²) >= 11 is 18.1. The molecule has 0 aliphatic heterocycles. The van der Waals surface area contributed by atoms with Gasteiger partial charge in [-0.2, -0.15) is 0 Å². The van der Waals surface area contributed by atoms with Gasteiger partial charge in [0.1, 0.15) is 10.7 Å². The average Bonchev–Trinajstić information content (AvgIpc) is 2.51. The van der Waals surface area contributed by atoms with Gasteiger partial charge in [0.15, 0.2) is 5.75 Å². The molecule has 0 unspecified atom stereocenters. The van der Waals surface area contributed by atoms with Crippen LogP contribution in [0.2, 0.25) is 15.2 Å². The summed E-state index contributed by atoms with van der Waals surface area (Å²) in [6.07, 6.45) is 3.04. The molecule has 3 rings (SSSR count). The Morgan fingerprint density at radius 1 is 1.00 bits per heavy atom. The minimum absolute atomic E-state index is 0.0508. The van der Waals surface area contributed by atoms with Crippen LogP contribution in [0.15, 0.2) is 42.7 Å². The molecule has 22 heavy (non-hydrogen) atoms. The normalized spacial score (nSPS) is 10.7. The predicted octanol–water partition coefficient (Wildman–Crippen LogP) is 4.81. The van der Waals surface area contributed by atoms with Crippen LogP contribution in [0.25, 0.3) is 10.9 Å². The predicted molar refractivity (Wildman–Crippen MR) is 86.0 cm³/mol. The van der Waals surface area contributed by atoms with Gasteiger partial charge in [-0.3, -0.25) is 4.98 Å². The van der Waals surface area contributed by atoms with Crippen LogP contribution in [-0.4, -0.2) is 15.9 Å². The number of halogens is 3. The number of carbonyl (C=O) groups is 1. The second kappa shape index (κ2) is 6.08. The van der Waals surface area contributed by atoms with Gasteiger partial charge < -0.3 is 4.74 Å². The summed E-state index contributed by atoms with van der Waals surface area (Å²) in [4.78, 5) is 20.3. The number of hydrogen-bond donors (Lipinski definition) is 0. The summed E-state index contributed by atoms with van der Waals surface area (Å²) in [6, 6.07) is 8.08. The van der Waals surface area contributed by atoms with Crippen molar-refractivity contribution in [3.63, 3.8) is 0 Å². The number of nitrogens with zero attached hydrogens (tertiary/aromatic N) is 2. The summed E-state index contributed by atoms with van der Waals surface area (Å²) in [5.41, 5.74) is 0.535. The third-order valence-electron chi connectivity index (χ3n) is 2.92. The molecule has 0 aliphatic carbocycles. The first kappa shape index (κ1) is 15.0. The van der Waals surface area contributed by atoms with Crippen molar-refractivity contribution in [2.75, 3.05) is 0 Å². The van der Waals surface area contributed by atoms with Crippen molar-refractivity contribution in [2.45, 2.75) is 0 Å². The summed E-state index contributed by atoms with van der Waals surface area (Å²) in [7, 11) is 0. The second-order valence-corrected chi connectivity index (χ2v) is 5.47. The lowest BCUT2D eigenvalue weighted by Crippen LogP contribution is -2.10. The number of fused-ring (bicyclic) bond motifs is 1. The van der Waals surface area contributed by atoms with Gasteiger partial charge in [0.2, 0.25) is 0 Å². The molecule has 7 heteroatoms. The lowest BCUT2D eigenvalue weighted by Gasteiger charge is -2.10. The highest BCUT2D eigenvalue weighted by Crippen LogP contribution is 2.37. The zero-order valence-electron chi connectivity index (χ0n) is 10.9. The molecule has 2 aromatic heterocycles. The van der Waals surface area contributed by atoms with Gasteiger partial charge in [0.25, 0.3) is 0 Å². The van der Waals surface area contributed by atoms with Crippen molar-refractivity contribution < 1.29 is 9.53 Å². The number of pyridine rings is 2. The number of esters is 1. The fraction of sp³-hybridized carbons (Fsp3) is 0. The van der Waals surface area contributed by atoms with Crippen molar-refractivity contribution in [3.05, 3.63) is 63.5 Å². The van der Waals surface area contributed by atoms with E-state index < -0.39 is 5.97 Å². The van der Waals surface area contributed by atoms with E-state index in [1.807, 2.05) is 0 Å². The standard InChI is InChI=1S/C15H7Cl3N2O2/c16-10-7-11(17)13(12-8(10)3-1-5-19-12)22-15(21)9-4-2-6-20-14(9)18/h1-7H. The van der Waals surface area contributed by atoms with Crippen molar-refractivity contribution in [1.29, 1.82) is 0 Å². The van der Waals surface area contributed by atoms with Crippen molar-refractivity contribution >= 4 is 51.7 Å². The van der Waals surface area contributed by atoms with Crippen LogP contribution in [-0.2, 0) is 0 Å². The highest BCUT2D eigenvalue weighted by Gasteiger charge is 2.19. The van der Waals surface area contributed by atoms with Gasteiger partial charge in [0.05, 0.1) is 15.6 Å². The number of benzene rings is 1. The minimum atomic E-state index is -0.672. The lowest BCUT2D eigenvalue weighted by molar-refractivity contribution is 0.0736. The van der Waals surface area contributed by atoms with E-state index >= 15 is 0 Å². The van der Waals surface area contributed by atoms with Gasteiger partial charge in [0, 0.05) is 17.8 Å². The van der Waals surface area contributed by atoms with Gasteiger partial charge in [-0.05, 0) is 30.3 Å². The molecule has 0 atom stereocenters. The van der Waals surface area contributed by atoms with E-state index in [0.717, 1.165) is 0 Å². The van der Waals surface area contributed by atoms with Crippen molar-refractivity contribution in [1.82, 2.24) is 9.97 Å². The SMILES string of the molecule is O=C(Oc1c(Cl)cc(Cl)c2cccnc12)c1cccnc1Cl. The zero-order valence-corrected chi connectivity index (χ0v) is 13.2. The maximum absolute atomic E-state index is 12.2. The van der Waals surface area contributed by atoms with Gasteiger partial charge in [-0.1, -0.05) is 34.8 Å². The number of rotatable bonds is 2. The fourth-order valence-corrected chi connectivity index (χ4v) is 2.68. The van der Waals surface area contributed by atoms with Crippen LogP contribution < -0.4 is 4.74 Å². The third kappa shape index (κ3) is 2.73. The Morgan fingerprint density at radius 2 is 1.73 bits per heavy atom. The molecule has 4 nitrogen and oxygen atoms in total. The smallest absolute Gasteiger partial charge is 0.346 e. The number of carbonyl (C=O) groups excluding carboxylic acids is 1. The molecule has 0 fully saturated rings. The lowest BCUT2D eigenvalue weighted by atomic mass is 10.2. The summed E-state index contributed by atoms with van der Waals surface area (Å²) < 4.78 is 5.36. The molecule has 0 spiro atoms. The Kier molecular flexibility index (Phi) is 4.16. The van der Waals surface area contributed by atoms with Crippen LogP contribution in [0, 0.1) is 0 Å². The second-order valence-electron chi connectivity index (χ2n) is 4.30. The Morgan fingerprint density at radius 3 is 2.50 bits per heavy atom. The molecule has 1 aromatic carbocycles. The summed E-state index contributed by atoms with van der Waals surface area (Å²) in [6.45, 7) is 0. The van der Waals surface area contributed by atoms with Crippen LogP contribution >= 0.6 is 34.8 Å². The molecular weight excluding hydrogens is 347 g/mol. The molecule has 0 aliphatic rings. The van der Waals surface area contributed by atoms with E-state index in [4.69, 9.17) is 39.5 Å². The van der Waals surface area contributed by atoms with Crippen LogP contribution in [0.1, 0.15) is 10.4 Å². The Hall–Kier alpha value is -1.88. The van der Waals surface area contributed by atoms with E-state index in [2.05, 4.69) is 9.97 Å². The molecule has 3 aromatic rings. The topological polar surface area (TPSA) is 52.1 Å². The molecule has 0 radical (unpaired) electrons. The van der Waals surface area contributed by atoms with E-state index in [-0.39, 0.29) is 21.5 Å². The average molecular weight is 354 g/mol. The minimum Gasteiger partial charge on any atom is -0.419 e. The number of ether oxygens (including phenoxy) is 1. The number of aromatic nitrogens is 2. The molecule has 0 saturated heterocycles. The van der Waals surface area contributed by atoms with Gasteiger partial charge >= 0.3 is 5.97 Å². The maximum atomic E-state index is 12.2. The highest BCUT2D eigenvalue weighted by molar-refractivity contribution is 6.40. The van der Waals surface area contributed by atoms with E-state index in [1.165, 1.54) is 18.3 Å². The first-order valence-corrected chi connectivity index (χ1v) is 7.26. The molecule has 0 N–H and O–H groups in total. The summed E-state index contributed by atoms with van der Waals surface area (Å²) in [5.74, 6) is -0.541. The van der Waals surface area contributed by atoms with Crippen LogP contribution in [0.4, 0.5) is 0 Å². The monoisotopic (exact) mass is 352 g/mol. The maximum Gasteiger partial charge on any atom is 0.346 e. The largest absolute Gasteiger partial charge is 0.419 e. The quantitative estimate of drug-likeness (QED) is 0.377. The third-order valence-corrected chi connectivity index (χ3v) is 3.82. The highest BCUT2D eigenvalue weighted by atomic mass is 35.5. The van der Waals surface area contributed by atoms with Crippen LogP contribution in [0.3, 0.4) is 0 Å². The molecule has 2 heterocycles. The Balaban J connectivity index is 2.08. The first-order chi connectivity index (χ1) is 10.6. The molecule has 0 saturated carbocycles. The Bertz CT molecular complexity index is 884. The zero-order chi connectivity index (χ0) is 15.7. The first-order valence-electron chi connectivity index (χ1n) is 6.13. The van der Waals surface area contributed by atoms with Gasteiger partial charge in [-0.25, -0.2) is 9.78 Å². The van der Waals surface area contributed by atoms with E-state index in [1.54, 1.807) is 24.4 Å². The fourth-order valence-electron chi connectivity index (χ4n) is 1.93. The van der Waals surface area contributed by atoms with Crippen molar-refractivity contribution in [3.8, 4) is 5.75 Å². The van der Waals surface area contributed by atoms with Crippen molar-refractivity contribution in [2.24, 2.45) is 0 Å². The number of hydrogen-bond acceptors (Lipinski definition) is 4. The van der Waals surface area contributed by atoms with Gasteiger partial charge in [-0.15, -0.1) is 0 Å². The van der Waals surface area contributed by atoms with E-state index in [0.29, 0.717) is 15.9 Å². The van der Waals surface area contributed by atoms with E-state index in [9.17, 15) is 4.79 Å².